The molecule has 0 fully saturated rings. The molecule has 1 heterocycles. The van der Waals surface area contributed by atoms with Crippen molar-refractivity contribution in [3.05, 3.63) is 35.3 Å². The quantitative estimate of drug-likeness (QED) is 0.452. The number of nitrogen functional groups attached to an aromatic ring is 1. The number of thioether (sulfide) groups is 1. The number of esters is 1. The molecule has 0 bridgehead atoms. The first kappa shape index (κ1) is 17.3. The largest absolute Gasteiger partial charge is 0.466 e. The number of carbonyl (C=O) groups is 2. The first-order valence-electron chi connectivity index (χ1n) is 6.95. The Kier molecular flexibility index (Phi) is 6.42. The topological polar surface area (TPSA) is 94.3 Å². The summed E-state index contributed by atoms with van der Waals surface area (Å²) in [5.74, 6) is -0.224. The number of anilines is 2. The lowest BCUT2D eigenvalue weighted by Crippen LogP contribution is -2.14. The van der Waals surface area contributed by atoms with Crippen LogP contribution < -0.4 is 11.1 Å². The van der Waals surface area contributed by atoms with Crippen LogP contribution in [0.1, 0.15) is 12.6 Å². The van der Waals surface area contributed by atoms with Gasteiger partial charge in [0.25, 0.3) is 0 Å². The third-order valence-corrected chi connectivity index (χ3v) is 4.46. The van der Waals surface area contributed by atoms with Crippen LogP contribution in [0, 0.1) is 0 Å². The number of nitrogens with two attached hydrogens (primary N) is 1. The summed E-state index contributed by atoms with van der Waals surface area (Å²) in [7, 11) is 0. The molecule has 2 rings (SSSR count). The highest BCUT2D eigenvalue weighted by Crippen LogP contribution is 2.21. The third kappa shape index (κ3) is 5.91. The lowest BCUT2D eigenvalue weighted by molar-refractivity contribution is -0.142. The van der Waals surface area contributed by atoms with Gasteiger partial charge in [0.2, 0.25) is 5.91 Å². The van der Waals surface area contributed by atoms with Gasteiger partial charge in [0, 0.05) is 16.0 Å². The molecule has 2 aromatic rings. The Morgan fingerprint density at radius 3 is 3.00 bits per heavy atom. The first-order chi connectivity index (χ1) is 11.1. The normalized spacial score (nSPS) is 10.3. The Labute approximate surface area is 142 Å². The van der Waals surface area contributed by atoms with Gasteiger partial charge in [-0.3, -0.25) is 9.59 Å². The highest BCUT2D eigenvalue weighted by molar-refractivity contribution is 8.00. The number of hydrogen-bond donors (Lipinski definition) is 2. The summed E-state index contributed by atoms with van der Waals surface area (Å²) in [6.45, 7) is 2.09. The van der Waals surface area contributed by atoms with Crippen molar-refractivity contribution >= 4 is 45.8 Å². The fourth-order valence-corrected chi connectivity index (χ4v) is 3.20. The van der Waals surface area contributed by atoms with Gasteiger partial charge in [0.1, 0.15) is 0 Å². The maximum absolute atomic E-state index is 11.9. The van der Waals surface area contributed by atoms with E-state index in [1.54, 1.807) is 18.4 Å². The second-order valence-corrected chi connectivity index (χ2v) is 6.44. The van der Waals surface area contributed by atoms with Crippen LogP contribution in [0.2, 0.25) is 0 Å². The number of ether oxygens (including phenoxy) is 1. The number of benzene rings is 1. The van der Waals surface area contributed by atoms with Gasteiger partial charge in [-0.05, 0) is 25.1 Å². The second-order valence-electron chi connectivity index (χ2n) is 4.54. The van der Waals surface area contributed by atoms with Gasteiger partial charge in [-0.15, -0.1) is 23.1 Å². The van der Waals surface area contributed by atoms with Gasteiger partial charge < -0.3 is 15.8 Å². The number of thiazole rings is 1. The van der Waals surface area contributed by atoms with Gasteiger partial charge in [0.05, 0.1) is 24.5 Å². The van der Waals surface area contributed by atoms with Crippen LogP contribution in [0.25, 0.3) is 0 Å². The molecule has 1 amide bonds. The van der Waals surface area contributed by atoms with Crippen LogP contribution in [-0.4, -0.2) is 29.2 Å². The Hall–Kier alpha value is -2.06. The van der Waals surface area contributed by atoms with Crippen LogP contribution in [0.4, 0.5) is 10.8 Å². The van der Waals surface area contributed by atoms with Crippen molar-refractivity contribution < 1.29 is 14.3 Å². The van der Waals surface area contributed by atoms with Gasteiger partial charge in [-0.25, -0.2) is 4.98 Å². The van der Waals surface area contributed by atoms with Crippen LogP contribution in [0.3, 0.4) is 0 Å². The molecule has 1 aromatic heterocycles. The highest BCUT2D eigenvalue weighted by Gasteiger charge is 2.10. The van der Waals surface area contributed by atoms with Gasteiger partial charge in [-0.1, -0.05) is 6.07 Å². The maximum Gasteiger partial charge on any atom is 0.311 e. The Morgan fingerprint density at radius 2 is 2.26 bits per heavy atom. The summed E-state index contributed by atoms with van der Waals surface area (Å²) in [5.41, 5.74) is 6.95. The molecule has 0 spiro atoms. The van der Waals surface area contributed by atoms with E-state index in [1.807, 2.05) is 18.2 Å². The zero-order valence-electron chi connectivity index (χ0n) is 12.6. The number of nitrogens with one attached hydrogen (secondary N) is 1. The van der Waals surface area contributed by atoms with E-state index in [2.05, 4.69) is 10.3 Å². The molecule has 0 aliphatic heterocycles. The molecule has 0 aliphatic carbocycles. The van der Waals surface area contributed by atoms with E-state index < -0.39 is 0 Å². The predicted molar refractivity (Wildman–Crippen MR) is 92.7 cm³/mol. The van der Waals surface area contributed by atoms with E-state index in [0.717, 1.165) is 4.90 Å². The smallest absolute Gasteiger partial charge is 0.311 e. The molecule has 0 aliphatic rings. The second kappa shape index (κ2) is 8.54. The van der Waals surface area contributed by atoms with E-state index in [0.29, 0.717) is 23.1 Å². The van der Waals surface area contributed by atoms with Crippen molar-refractivity contribution in [3.63, 3.8) is 0 Å². The lowest BCUT2D eigenvalue weighted by atomic mass is 10.3. The molecule has 122 valence electrons. The average Bonchev–Trinajstić information content (AvgIpc) is 2.92. The van der Waals surface area contributed by atoms with E-state index >= 15 is 0 Å². The number of hydrogen-bond acceptors (Lipinski definition) is 7. The number of rotatable bonds is 7. The molecule has 0 radical (unpaired) electrons. The highest BCUT2D eigenvalue weighted by atomic mass is 32.2. The Morgan fingerprint density at radius 1 is 1.43 bits per heavy atom. The number of aromatic nitrogens is 1. The van der Waals surface area contributed by atoms with Crippen LogP contribution in [-0.2, 0) is 20.7 Å². The lowest BCUT2D eigenvalue weighted by Gasteiger charge is -2.03. The van der Waals surface area contributed by atoms with E-state index in [1.165, 1.54) is 23.1 Å². The van der Waals surface area contributed by atoms with Crippen molar-refractivity contribution in [3.8, 4) is 0 Å². The molecular formula is C15H17N3O3S2. The molecule has 0 saturated heterocycles. The molecule has 23 heavy (non-hydrogen) atoms. The minimum Gasteiger partial charge on any atom is -0.466 e. The van der Waals surface area contributed by atoms with Crippen LogP contribution in [0.15, 0.2) is 34.5 Å². The number of nitrogens with zero attached hydrogens (tertiary/aromatic N) is 1. The van der Waals surface area contributed by atoms with Crippen LogP contribution in [0.5, 0.6) is 0 Å². The summed E-state index contributed by atoms with van der Waals surface area (Å²) < 4.78 is 4.86. The zero-order valence-corrected chi connectivity index (χ0v) is 14.2. The zero-order chi connectivity index (χ0) is 16.7. The summed E-state index contributed by atoms with van der Waals surface area (Å²) in [6, 6.07) is 7.36. The fraction of sp³-hybridized carbons (Fsp3) is 0.267. The fourth-order valence-electron chi connectivity index (χ4n) is 1.71. The summed E-state index contributed by atoms with van der Waals surface area (Å²) >= 11 is 2.68. The average molecular weight is 351 g/mol. The SMILES string of the molecule is CCOC(=O)Cc1csc(NC(=O)CSc2cccc(N)c2)n1. The van der Waals surface area contributed by atoms with E-state index in [-0.39, 0.29) is 24.1 Å². The number of amides is 1. The monoisotopic (exact) mass is 351 g/mol. The standard InChI is InChI=1S/C15H17N3O3S2/c1-2-21-14(20)7-11-8-23-15(17-11)18-13(19)9-22-12-5-3-4-10(16)6-12/h3-6,8H,2,7,9,16H2,1H3,(H,17,18,19). The van der Waals surface area contributed by atoms with Gasteiger partial charge in [-0.2, -0.15) is 0 Å². The molecule has 0 unspecified atom stereocenters. The van der Waals surface area contributed by atoms with Crippen molar-refractivity contribution in [2.24, 2.45) is 0 Å². The minimum atomic E-state index is -0.326. The van der Waals surface area contributed by atoms with E-state index in [9.17, 15) is 9.59 Å². The molecule has 8 heteroatoms. The Balaban J connectivity index is 1.81. The van der Waals surface area contributed by atoms with Crippen molar-refractivity contribution in [1.82, 2.24) is 4.98 Å². The summed E-state index contributed by atoms with van der Waals surface area (Å²) in [4.78, 5) is 28.4. The third-order valence-electron chi connectivity index (χ3n) is 2.66. The molecular weight excluding hydrogens is 334 g/mol. The molecule has 3 N–H and O–H groups in total. The number of carbonyl (C=O) groups excluding carboxylic acids is 2. The minimum absolute atomic E-state index is 0.109. The Bertz CT molecular complexity index is 688. The predicted octanol–water partition coefficient (Wildman–Crippen LogP) is 2.56. The van der Waals surface area contributed by atoms with Gasteiger partial charge >= 0.3 is 5.97 Å². The van der Waals surface area contributed by atoms with E-state index in [4.69, 9.17) is 10.5 Å². The first-order valence-corrected chi connectivity index (χ1v) is 8.81. The molecule has 0 atom stereocenters. The van der Waals surface area contributed by atoms with Crippen molar-refractivity contribution in [1.29, 1.82) is 0 Å². The molecule has 6 nitrogen and oxygen atoms in total. The summed E-state index contributed by atoms with van der Waals surface area (Å²) in [6.07, 6.45) is 0.109. The van der Waals surface area contributed by atoms with Crippen LogP contribution >= 0.6 is 23.1 Å². The van der Waals surface area contributed by atoms with Crippen molar-refractivity contribution in [2.75, 3.05) is 23.4 Å². The molecule has 0 saturated carbocycles. The van der Waals surface area contributed by atoms with Gasteiger partial charge in [0.15, 0.2) is 5.13 Å². The van der Waals surface area contributed by atoms with Crippen molar-refractivity contribution in [2.45, 2.75) is 18.2 Å². The maximum atomic E-state index is 11.9. The summed E-state index contributed by atoms with van der Waals surface area (Å²) in [5, 5.41) is 4.92. The molecule has 1 aromatic carbocycles.